The number of benzene rings is 1. The lowest BCUT2D eigenvalue weighted by molar-refractivity contribution is -0.384. The molecule has 0 saturated carbocycles. The topological polar surface area (TPSA) is 43.1 Å². The highest BCUT2D eigenvalue weighted by atomic mass is 19.1. The Hall–Kier alpha value is -1.45. The molecule has 3 nitrogen and oxygen atoms in total. The lowest BCUT2D eigenvalue weighted by atomic mass is 10.1. The van der Waals surface area contributed by atoms with Crippen LogP contribution < -0.4 is 0 Å². The minimum Gasteiger partial charge on any atom is -0.258 e. The highest BCUT2D eigenvalue weighted by molar-refractivity contribution is 5.32. The molecule has 1 rings (SSSR count). The van der Waals surface area contributed by atoms with Crippen molar-refractivity contribution in [2.75, 3.05) is 6.67 Å². The standard InChI is InChI=1S/C9H10FNO2/c10-7-1-2-8-3-5-9(6-4-8)11(12)13/h3-6H,1-2,7H2. The van der Waals surface area contributed by atoms with Gasteiger partial charge >= 0.3 is 0 Å². The van der Waals surface area contributed by atoms with Gasteiger partial charge in [-0.3, -0.25) is 14.5 Å². The maximum atomic E-state index is 11.8. The molecule has 0 aromatic heterocycles. The summed E-state index contributed by atoms with van der Waals surface area (Å²) < 4.78 is 11.8. The van der Waals surface area contributed by atoms with E-state index in [1.807, 2.05) is 0 Å². The van der Waals surface area contributed by atoms with Crippen LogP contribution >= 0.6 is 0 Å². The molecular weight excluding hydrogens is 173 g/mol. The first kappa shape index (κ1) is 9.64. The van der Waals surface area contributed by atoms with Crippen LogP contribution in [0.15, 0.2) is 24.3 Å². The zero-order valence-corrected chi connectivity index (χ0v) is 7.07. The van der Waals surface area contributed by atoms with E-state index in [0.717, 1.165) is 5.56 Å². The van der Waals surface area contributed by atoms with Gasteiger partial charge in [0.25, 0.3) is 5.69 Å². The number of aryl methyl sites for hydroxylation is 1. The van der Waals surface area contributed by atoms with Crippen molar-refractivity contribution in [3.63, 3.8) is 0 Å². The molecule has 0 unspecified atom stereocenters. The molecule has 1 aromatic carbocycles. The van der Waals surface area contributed by atoms with Crippen LogP contribution in [0.3, 0.4) is 0 Å². The van der Waals surface area contributed by atoms with E-state index in [2.05, 4.69) is 0 Å². The number of alkyl halides is 1. The van der Waals surface area contributed by atoms with Crippen molar-refractivity contribution < 1.29 is 9.31 Å². The molecule has 0 aliphatic heterocycles. The van der Waals surface area contributed by atoms with Crippen LogP contribution in [0.2, 0.25) is 0 Å². The van der Waals surface area contributed by atoms with Crippen molar-refractivity contribution in [2.24, 2.45) is 0 Å². The van der Waals surface area contributed by atoms with Gasteiger partial charge < -0.3 is 0 Å². The van der Waals surface area contributed by atoms with Crippen molar-refractivity contribution in [1.29, 1.82) is 0 Å². The zero-order chi connectivity index (χ0) is 9.68. The largest absolute Gasteiger partial charge is 0.269 e. The molecule has 4 heteroatoms. The highest BCUT2D eigenvalue weighted by Crippen LogP contribution is 2.12. The average Bonchev–Trinajstić information content (AvgIpc) is 2.15. The molecule has 0 bridgehead atoms. The summed E-state index contributed by atoms with van der Waals surface area (Å²) in [6.07, 6.45) is 1.10. The SMILES string of the molecule is O=[N+]([O-])c1ccc(CCCF)cc1. The summed E-state index contributed by atoms with van der Waals surface area (Å²) in [6, 6.07) is 6.20. The lowest BCUT2D eigenvalue weighted by Crippen LogP contribution is -1.90. The van der Waals surface area contributed by atoms with Crippen LogP contribution in [0.25, 0.3) is 0 Å². The Kier molecular flexibility index (Phi) is 3.37. The first-order chi connectivity index (χ1) is 6.24. The quantitative estimate of drug-likeness (QED) is 0.531. The van der Waals surface area contributed by atoms with E-state index in [1.165, 1.54) is 12.1 Å². The van der Waals surface area contributed by atoms with Crippen molar-refractivity contribution in [3.8, 4) is 0 Å². The van der Waals surface area contributed by atoms with E-state index in [1.54, 1.807) is 12.1 Å². The Morgan fingerprint density at radius 3 is 2.38 bits per heavy atom. The van der Waals surface area contributed by atoms with E-state index >= 15 is 0 Å². The molecule has 0 atom stereocenters. The van der Waals surface area contributed by atoms with E-state index in [0.29, 0.717) is 12.8 Å². The van der Waals surface area contributed by atoms with Crippen LogP contribution in [-0.2, 0) is 6.42 Å². The second-order valence-corrected chi connectivity index (χ2v) is 2.72. The fourth-order valence-corrected chi connectivity index (χ4v) is 1.06. The minimum absolute atomic E-state index is 0.0731. The molecule has 0 aliphatic rings. The number of rotatable bonds is 4. The molecule has 0 aliphatic carbocycles. The van der Waals surface area contributed by atoms with Gasteiger partial charge in [-0.05, 0) is 18.4 Å². The number of nitro benzene ring substituents is 1. The smallest absolute Gasteiger partial charge is 0.258 e. The first-order valence-corrected chi connectivity index (χ1v) is 4.03. The van der Waals surface area contributed by atoms with Gasteiger partial charge in [0.15, 0.2) is 0 Å². The predicted octanol–water partition coefficient (Wildman–Crippen LogP) is 2.50. The number of hydrogen-bond acceptors (Lipinski definition) is 2. The predicted molar refractivity (Wildman–Crippen MR) is 47.4 cm³/mol. The third-order valence-electron chi connectivity index (χ3n) is 1.75. The van der Waals surface area contributed by atoms with Crippen LogP contribution in [0.4, 0.5) is 10.1 Å². The summed E-state index contributed by atoms with van der Waals surface area (Å²) in [6.45, 7) is -0.350. The molecule has 0 heterocycles. The molecule has 1 aromatic rings. The Morgan fingerprint density at radius 2 is 1.92 bits per heavy atom. The first-order valence-electron chi connectivity index (χ1n) is 4.03. The Labute approximate surface area is 75.3 Å². The number of hydrogen-bond donors (Lipinski definition) is 0. The number of halogens is 1. The van der Waals surface area contributed by atoms with Crippen molar-refractivity contribution in [1.82, 2.24) is 0 Å². The van der Waals surface area contributed by atoms with E-state index in [-0.39, 0.29) is 12.4 Å². The van der Waals surface area contributed by atoms with Gasteiger partial charge in [0.05, 0.1) is 11.6 Å². The lowest BCUT2D eigenvalue weighted by Gasteiger charge is -1.97. The molecule has 13 heavy (non-hydrogen) atoms. The van der Waals surface area contributed by atoms with E-state index in [9.17, 15) is 14.5 Å². The van der Waals surface area contributed by atoms with Crippen LogP contribution in [0.1, 0.15) is 12.0 Å². The number of nitro groups is 1. The number of nitrogens with zero attached hydrogens (tertiary/aromatic N) is 1. The molecule has 0 amide bonds. The van der Waals surface area contributed by atoms with Crippen molar-refractivity contribution in [2.45, 2.75) is 12.8 Å². The Morgan fingerprint density at radius 1 is 1.31 bits per heavy atom. The van der Waals surface area contributed by atoms with Gasteiger partial charge in [0.2, 0.25) is 0 Å². The van der Waals surface area contributed by atoms with E-state index < -0.39 is 4.92 Å². The second kappa shape index (κ2) is 4.54. The molecule has 0 fully saturated rings. The average molecular weight is 183 g/mol. The van der Waals surface area contributed by atoms with Crippen LogP contribution in [0, 0.1) is 10.1 Å². The summed E-state index contributed by atoms with van der Waals surface area (Å²) in [7, 11) is 0. The summed E-state index contributed by atoms with van der Waals surface area (Å²) in [5.74, 6) is 0. The maximum absolute atomic E-state index is 11.8. The molecule has 0 radical (unpaired) electrons. The summed E-state index contributed by atoms with van der Waals surface area (Å²) >= 11 is 0. The normalized spacial score (nSPS) is 9.92. The van der Waals surface area contributed by atoms with Gasteiger partial charge in [0.1, 0.15) is 0 Å². The molecule has 0 N–H and O–H groups in total. The molecule has 0 saturated heterocycles. The Balaban J connectivity index is 2.64. The fraction of sp³-hybridized carbons (Fsp3) is 0.333. The van der Waals surface area contributed by atoms with Crippen LogP contribution in [0.5, 0.6) is 0 Å². The second-order valence-electron chi connectivity index (χ2n) is 2.72. The minimum atomic E-state index is -0.446. The van der Waals surface area contributed by atoms with Gasteiger partial charge in [-0.1, -0.05) is 12.1 Å². The van der Waals surface area contributed by atoms with Crippen LogP contribution in [-0.4, -0.2) is 11.6 Å². The molecule has 0 spiro atoms. The summed E-state index contributed by atoms with van der Waals surface area (Å²) in [4.78, 5) is 9.83. The highest BCUT2D eigenvalue weighted by Gasteiger charge is 2.02. The van der Waals surface area contributed by atoms with E-state index in [4.69, 9.17) is 0 Å². The van der Waals surface area contributed by atoms with Crippen molar-refractivity contribution >= 4 is 5.69 Å². The van der Waals surface area contributed by atoms with Gasteiger partial charge in [-0.2, -0.15) is 0 Å². The Bertz CT molecular complexity index is 284. The monoisotopic (exact) mass is 183 g/mol. The third kappa shape index (κ3) is 2.82. The third-order valence-corrected chi connectivity index (χ3v) is 1.75. The van der Waals surface area contributed by atoms with Gasteiger partial charge in [-0.15, -0.1) is 0 Å². The molecule has 70 valence electrons. The maximum Gasteiger partial charge on any atom is 0.269 e. The number of non-ortho nitro benzene ring substituents is 1. The summed E-state index contributed by atoms with van der Waals surface area (Å²) in [5, 5.41) is 10.3. The van der Waals surface area contributed by atoms with Gasteiger partial charge in [0, 0.05) is 12.1 Å². The fourth-order valence-electron chi connectivity index (χ4n) is 1.06. The molecular formula is C9H10FNO2. The zero-order valence-electron chi connectivity index (χ0n) is 7.07. The van der Waals surface area contributed by atoms with Crippen molar-refractivity contribution in [3.05, 3.63) is 39.9 Å². The summed E-state index contributed by atoms with van der Waals surface area (Å²) in [5.41, 5.74) is 1.01. The van der Waals surface area contributed by atoms with Gasteiger partial charge in [-0.25, -0.2) is 0 Å².